The molecule has 0 saturated carbocycles. The second kappa shape index (κ2) is 3.70. The van der Waals surface area contributed by atoms with Crippen LogP contribution in [0.1, 0.15) is 5.69 Å². The number of nitrogens with zero attached hydrogens (tertiary/aromatic N) is 3. The molecular weight excluding hydrogens is 230 g/mol. The molecular formula is C9H8BrN3. The van der Waals surface area contributed by atoms with Crippen molar-refractivity contribution in [1.82, 2.24) is 14.5 Å². The topological polar surface area (TPSA) is 30.7 Å². The quantitative estimate of drug-likeness (QED) is 0.750. The Morgan fingerprint density at radius 1 is 1.38 bits per heavy atom. The molecule has 3 nitrogen and oxygen atoms in total. The van der Waals surface area contributed by atoms with Gasteiger partial charge in [-0.2, -0.15) is 0 Å². The maximum atomic E-state index is 4.32. The fourth-order valence-corrected chi connectivity index (χ4v) is 1.49. The van der Waals surface area contributed by atoms with E-state index < -0.39 is 0 Å². The summed E-state index contributed by atoms with van der Waals surface area (Å²) >= 11 is 3.33. The summed E-state index contributed by atoms with van der Waals surface area (Å²) in [4.78, 5) is 8.28. The van der Waals surface area contributed by atoms with E-state index in [0.29, 0.717) is 0 Å². The van der Waals surface area contributed by atoms with Crippen molar-refractivity contribution in [2.24, 2.45) is 0 Å². The third-order valence-corrected chi connectivity index (χ3v) is 2.12. The van der Waals surface area contributed by atoms with Crippen LogP contribution in [0.5, 0.6) is 0 Å². The number of halogens is 1. The summed E-state index contributed by atoms with van der Waals surface area (Å²) < 4.78 is 2.85. The molecule has 66 valence electrons. The van der Waals surface area contributed by atoms with Crippen molar-refractivity contribution < 1.29 is 0 Å². The second-order valence-electron chi connectivity index (χ2n) is 2.69. The van der Waals surface area contributed by atoms with Crippen LogP contribution < -0.4 is 0 Å². The van der Waals surface area contributed by atoms with Crippen molar-refractivity contribution in [1.29, 1.82) is 0 Å². The van der Waals surface area contributed by atoms with Gasteiger partial charge >= 0.3 is 0 Å². The smallest absolute Gasteiger partial charge is 0.106 e. The largest absolute Gasteiger partial charge is 0.331 e. The van der Waals surface area contributed by atoms with Gasteiger partial charge in [0.2, 0.25) is 0 Å². The van der Waals surface area contributed by atoms with Gasteiger partial charge in [0.25, 0.3) is 0 Å². The molecule has 0 atom stereocenters. The van der Waals surface area contributed by atoms with Gasteiger partial charge < -0.3 is 4.57 Å². The van der Waals surface area contributed by atoms with Crippen LogP contribution >= 0.6 is 15.9 Å². The third kappa shape index (κ3) is 2.15. The Balaban J connectivity index is 2.19. The predicted molar refractivity (Wildman–Crippen MR) is 53.3 cm³/mol. The van der Waals surface area contributed by atoms with E-state index in [9.17, 15) is 0 Å². The highest BCUT2D eigenvalue weighted by Gasteiger charge is 1.95. The predicted octanol–water partition coefficient (Wildman–Crippen LogP) is 2.09. The maximum absolute atomic E-state index is 4.32. The van der Waals surface area contributed by atoms with Crippen molar-refractivity contribution >= 4 is 15.9 Å². The molecule has 4 heteroatoms. The number of imidazole rings is 1. The zero-order chi connectivity index (χ0) is 9.10. The first-order valence-electron chi connectivity index (χ1n) is 3.92. The van der Waals surface area contributed by atoms with Crippen LogP contribution in [0.2, 0.25) is 0 Å². The Labute approximate surface area is 84.6 Å². The normalized spacial score (nSPS) is 10.2. The first-order valence-corrected chi connectivity index (χ1v) is 4.71. The second-order valence-corrected chi connectivity index (χ2v) is 3.50. The molecule has 2 aromatic heterocycles. The fraction of sp³-hybridized carbons (Fsp3) is 0.111. The molecule has 0 saturated heterocycles. The summed E-state index contributed by atoms with van der Waals surface area (Å²) in [5, 5.41) is 0. The molecule has 0 amide bonds. The summed E-state index contributed by atoms with van der Waals surface area (Å²) in [6.45, 7) is 0.763. The van der Waals surface area contributed by atoms with Gasteiger partial charge in [-0.1, -0.05) is 6.07 Å². The molecule has 0 bridgehead atoms. The minimum absolute atomic E-state index is 0.763. The molecule has 13 heavy (non-hydrogen) atoms. The molecule has 0 fully saturated rings. The maximum Gasteiger partial charge on any atom is 0.106 e. The number of pyridine rings is 1. The molecule has 0 radical (unpaired) electrons. The lowest BCUT2D eigenvalue weighted by atomic mass is 10.3. The lowest BCUT2D eigenvalue weighted by Crippen LogP contribution is -1.98. The Bertz CT molecular complexity index is 384. The van der Waals surface area contributed by atoms with Crippen molar-refractivity contribution in [2.75, 3.05) is 0 Å². The van der Waals surface area contributed by atoms with Crippen LogP contribution in [0.4, 0.5) is 0 Å². The van der Waals surface area contributed by atoms with Crippen molar-refractivity contribution in [3.63, 3.8) is 0 Å². The third-order valence-electron chi connectivity index (χ3n) is 1.68. The van der Waals surface area contributed by atoms with Crippen molar-refractivity contribution in [2.45, 2.75) is 6.54 Å². The Morgan fingerprint density at radius 3 is 3.00 bits per heavy atom. The first kappa shape index (κ1) is 8.44. The van der Waals surface area contributed by atoms with Crippen LogP contribution in [0.25, 0.3) is 0 Å². The number of hydrogen-bond acceptors (Lipinski definition) is 2. The molecule has 0 aliphatic rings. The van der Waals surface area contributed by atoms with Crippen LogP contribution in [0.15, 0.2) is 41.5 Å². The molecule has 0 spiro atoms. The fourth-order valence-electron chi connectivity index (χ4n) is 1.11. The van der Waals surface area contributed by atoms with E-state index in [2.05, 4.69) is 25.9 Å². The number of rotatable bonds is 2. The van der Waals surface area contributed by atoms with E-state index in [0.717, 1.165) is 16.8 Å². The zero-order valence-corrected chi connectivity index (χ0v) is 8.48. The van der Waals surface area contributed by atoms with Gasteiger partial charge in [-0.25, -0.2) is 9.97 Å². The van der Waals surface area contributed by atoms with Gasteiger partial charge in [0, 0.05) is 12.4 Å². The van der Waals surface area contributed by atoms with Crippen LogP contribution in [0.3, 0.4) is 0 Å². The Kier molecular flexibility index (Phi) is 2.40. The van der Waals surface area contributed by atoms with Gasteiger partial charge in [-0.05, 0) is 28.1 Å². The highest BCUT2D eigenvalue weighted by Crippen LogP contribution is 2.07. The number of hydrogen-bond donors (Lipinski definition) is 0. The molecule has 2 aromatic rings. The van der Waals surface area contributed by atoms with E-state index in [4.69, 9.17) is 0 Å². The van der Waals surface area contributed by atoms with Crippen molar-refractivity contribution in [3.8, 4) is 0 Å². The molecule has 2 heterocycles. The lowest BCUT2D eigenvalue weighted by Gasteiger charge is -2.01. The lowest BCUT2D eigenvalue weighted by molar-refractivity contribution is 0.771. The van der Waals surface area contributed by atoms with E-state index in [1.807, 2.05) is 29.0 Å². The van der Waals surface area contributed by atoms with Gasteiger partial charge in [0.05, 0.1) is 18.6 Å². The first-order chi connectivity index (χ1) is 6.34. The molecule has 0 N–H and O–H groups in total. The Morgan fingerprint density at radius 2 is 2.31 bits per heavy atom. The highest BCUT2D eigenvalue weighted by atomic mass is 79.9. The number of aromatic nitrogens is 3. The average Bonchev–Trinajstić information content (AvgIpc) is 2.57. The standard InChI is InChI=1S/C9H8BrN3/c10-9-3-1-2-8(12-9)6-13-5-4-11-7-13/h1-5,7H,6H2. The molecule has 0 aliphatic heterocycles. The molecule has 0 aliphatic carbocycles. The van der Waals surface area contributed by atoms with E-state index in [1.54, 1.807) is 12.5 Å². The van der Waals surface area contributed by atoms with Gasteiger partial charge in [0.1, 0.15) is 4.60 Å². The summed E-state index contributed by atoms with van der Waals surface area (Å²) in [6.07, 6.45) is 5.46. The molecule has 0 unspecified atom stereocenters. The minimum Gasteiger partial charge on any atom is -0.331 e. The van der Waals surface area contributed by atoms with E-state index >= 15 is 0 Å². The SMILES string of the molecule is Brc1cccc(Cn2ccnc2)n1. The van der Waals surface area contributed by atoms with Gasteiger partial charge in [0.15, 0.2) is 0 Å². The van der Waals surface area contributed by atoms with Crippen LogP contribution in [-0.2, 0) is 6.54 Å². The van der Waals surface area contributed by atoms with Crippen LogP contribution in [0, 0.1) is 0 Å². The molecule has 2 rings (SSSR count). The zero-order valence-electron chi connectivity index (χ0n) is 6.89. The monoisotopic (exact) mass is 237 g/mol. The molecule has 0 aromatic carbocycles. The minimum atomic E-state index is 0.763. The van der Waals surface area contributed by atoms with E-state index in [1.165, 1.54) is 0 Å². The highest BCUT2D eigenvalue weighted by molar-refractivity contribution is 9.10. The van der Waals surface area contributed by atoms with E-state index in [-0.39, 0.29) is 0 Å². The Hall–Kier alpha value is -1.16. The summed E-state index contributed by atoms with van der Waals surface area (Å²) in [5.41, 5.74) is 1.02. The van der Waals surface area contributed by atoms with Crippen molar-refractivity contribution in [3.05, 3.63) is 47.2 Å². The summed E-state index contributed by atoms with van der Waals surface area (Å²) in [5.74, 6) is 0. The van der Waals surface area contributed by atoms with Gasteiger partial charge in [-0.15, -0.1) is 0 Å². The summed E-state index contributed by atoms with van der Waals surface area (Å²) in [7, 11) is 0. The summed E-state index contributed by atoms with van der Waals surface area (Å²) in [6, 6.07) is 5.88. The van der Waals surface area contributed by atoms with Gasteiger partial charge in [-0.3, -0.25) is 0 Å². The van der Waals surface area contributed by atoms with Crippen LogP contribution in [-0.4, -0.2) is 14.5 Å². The average molecular weight is 238 g/mol.